The summed E-state index contributed by atoms with van der Waals surface area (Å²) in [6.07, 6.45) is 8.96. The topological polar surface area (TPSA) is 71.9 Å². The molecule has 5 rings (SSSR count). The Hall–Kier alpha value is -2.90. The fourth-order valence-corrected chi connectivity index (χ4v) is 7.00. The van der Waals surface area contributed by atoms with Crippen molar-refractivity contribution in [3.8, 4) is 21.4 Å². The number of amides is 1. The lowest BCUT2D eigenvalue weighted by Gasteiger charge is -2.36. The van der Waals surface area contributed by atoms with Crippen LogP contribution in [0.5, 0.6) is 10.9 Å². The van der Waals surface area contributed by atoms with Crippen LogP contribution in [0.1, 0.15) is 68.4 Å². The molecule has 0 atom stereocenters. The number of aliphatic hydroxyl groups is 1. The quantitative estimate of drug-likeness (QED) is 0.328. The van der Waals surface area contributed by atoms with Crippen molar-refractivity contribution in [3.63, 3.8) is 0 Å². The lowest BCUT2D eigenvalue weighted by Crippen LogP contribution is -2.41. The molecule has 1 heterocycles. The highest BCUT2D eigenvalue weighted by molar-refractivity contribution is 7.16. The summed E-state index contributed by atoms with van der Waals surface area (Å²) in [6.45, 7) is 2.85. The SMILES string of the molecule is COc1ncc(-c2cccc(N(C[C@H]3CC[C@@H](c4ccc(OC)c(C)c4)CC3)C(=O)[C@H]3CC[C@H](O)CC3)c2)s1. The standard InChI is InChI=1S/C32H40N2O4S/c1-21-17-25(13-16-29(21)37-2)23-9-7-22(8-10-23)20-34(31(36)24-11-14-28(35)15-12-24)27-6-4-5-26(18-27)30-19-33-32(38-3)39-30/h4-6,13,16-19,22-24,28,35H,7-12,14-15,20H2,1-3H3/t22-,23+,24-,28-. The number of methoxy groups -OCH3 is 2. The van der Waals surface area contributed by atoms with Gasteiger partial charge in [0.1, 0.15) is 5.75 Å². The second kappa shape index (κ2) is 12.5. The number of anilines is 1. The fourth-order valence-electron chi connectivity index (χ4n) is 6.27. The van der Waals surface area contributed by atoms with Crippen molar-refractivity contribution in [1.82, 2.24) is 4.98 Å². The van der Waals surface area contributed by atoms with E-state index in [1.165, 1.54) is 22.5 Å². The molecule has 1 aromatic heterocycles. The number of aliphatic hydroxyl groups excluding tert-OH is 1. The van der Waals surface area contributed by atoms with E-state index in [1.54, 1.807) is 14.2 Å². The summed E-state index contributed by atoms with van der Waals surface area (Å²) in [6, 6.07) is 14.9. The van der Waals surface area contributed by atoms with Crippen LogP contribution in [-0.2, 0) is 4.79 Å². The Morgan fingerprint density at radius 2 is 1.77 bits per heavy atom. The maximum atomic E-state index is 14.0. The molecule has 6 nitrogen and oxygen atoms in total. The second-order valence-corrected chi connectivity index (χ2v) is 12.1. The minimum absolute atomic E-state index is 0.0285. The first-order chi connectivity index (χ1) is 18.9. The Labute approximate surface area is 236 Å². The predicted molar refractivity (Wildman–Crippen MR) is 157 cm³/mol. The molecule has 2 fully saturated rings. The third-order valence-corrected chi connectivity index (χ3v) is 9.60. The monoisotopic (exact) mass is 548 g/mol. The van der Waals surface area contributed by atoms with E-state index in [0.717, 1.165) is 66.9 Å². The van der Waals surface area contributed by atoms with Crippen LogP contribution in [0.4, 0.5) is 5.69 Å². The molecule has 0 radical (unpaired) electrons. The average molecular weight is 549 g/mol. The number of rotatable bonds is 8. The molecule has 208 valence electrons. The van der Waals surface area contributed by atoms with Crippen molar-refractivity contribution in [3.05, 3.63) is 59.8 Å². The van der Waals surface area contributed by atoms with Gasteiger partial charge >= 0.3 is 0 Å². The molecule has 2 saturated carbocycles. The first-order valence-electron chi connectivity index (χ1n) is 14.2. The number of hydrogen-bond acceptors (Lipinski definition) is 6. The van der Waals surface area contributed by atoms with Crippen molar-refractivity contribution in [2.24, 2.45) is 11.8 Å². The van der Waals surface area contributed by atoms with Crippen LogP contribution in [0.2, 0.25) is 0 Å². The van der Waals surface area contributed by atoms with E-state index >= 15 is 0 Å². The van der Waals surface area contributed by atoms with Gasteiger partial charge in [0.25, 0.3) is 5.19 Å². The highest BCUT2D eigenvalue weighted by Gasteiger charge is 2.32. The predicted octanol–water partition coefficient (Wildman–Crippen LogP) is 6.99. The second-order valence-electron chi connectivity index (χ2n) is 11.1. The van der Waals surface area contributed by atoms with Crippen LogP contribution in [-0.4, -0.2) is 42.9 Å². The van der Waals surface area contributed by atoms with Gasteiger partial charge in [-0.25, -0.2) is 4.98 Å². The molecule has 0 unspecified atom stereocenters. The number of aryl methyl sites for hydroxylation is 1. The third-order valence-electron chi connectivity index (χ3n) is 8.59. The first kappa shape index (κ1) is 27.7. The van der Waals surface area contributed by atoms with Crippen molar-refractivity contribution < 1.29 is 19.4 Å². The summed E-state index contributed by atoms with van der Waals surface area (Å²) in [5.41, 5.74) is 4.57. The fraction of sp³-hybridized carbons (Fsp3) is 0.500. The van der Waals surface area contributed by atoms with Crippen LogP contribution in [0.25, 0.3) is 10.4 Å². The maximum Gasteiger partial charge on any atom is 0.273 e. The van der Waals surface area contributed by atoms with Crippen molar-refractivity contribution in [2.75, 3.05) is 25.7 Å². The van der Waals surface area contributed by atoms with E-state index in [1.807, 2.05) is 17.2 Å². The summed E-state index contributed by atoms with van der Waals surface area (Å²) in [4.78, 5) is 21.4. The van der Waals surface area contributed by atoms with Gasteiger partial charge in [0, 0.05) is 24.3 Å². The Bertz CT molecular complexity index is 1260. The summed E-state index contributed by atoms with van der Waals surface area (Å²) in [7, 11) is 3.35. The number of thiazole rings is 1. The Morgan fingerprint density at radius 1 is 1.00 bits per heavy atom. The van der Waals surface area contributed by atoms with Crippen LogP contribution in [0.3, 0.4) is 0 Å². The number of aromatic nitrogens is 1. The average Bonchev–Trinajstić information content (AvgIpc) is 3.46. The molecule has 2 aromatic carbocycles. The van der Waals surface area contributed by atoms with Gasteiger partial charge in [0.15, 0.2) is 0 Å². The molecular weight excluding hydrogens is 508 g/mol. The third kappa shape index (κ3) is 6.47. The van der Waals surface area contributed by atoms with E-state index in [2.05, 4.69) is 48.3 Å². The van der Waals surface area contributed by atoms with E-state index in [4.69, 9.17) is 9.47 Å². The zero-order valence-corrected chi connectivity index (χ0v) is 24.1. The van der Waals surface area contributed by atoms with Crippen LogP contribution >= 0.6 is 11.3 Å². The Kier molecular flexibility index (Phi) is 8.88. The zero-order chi connectivity index (χ0) is 27.4. The zero-order valence-electron chi connectivity index (χ0n) is 23.3. The molecule has 7 heteroatoms. The van der Waals surface area contributed by atoms with Crippen LogP contribution in [0.15, 0.2) is 48.7 Å². The van der Waals surface area contributed by atoms with E-state index in [9.17, 15) is 9.90 Å². The highest BCUT2D eigenvalue weighted by atomic mass is 32.1. The van der Waals surface area contributed by atoms with E-state index < -0.39 is 0 Å². The number of ether oxygens (including phenoxy) is 2. The maximum absolute atomic E-state index is 14.0. The van der Waals surface area contributed by atoms with Gasteiger partial charge < -0.3 is 19.5 Å². The number of hydrogen-bond donors (Lipinski definition) is 1. The number of carbonyl (C=O) groups excluding carboxylic acids is 1. The molecule has 2 aliphatic carbocycles. The first-order valence-corrected chi connectivity index (χ1v) is 15.0. The van der Waals surface area contributed by atoms with Gasteiger partial charge in [-0.15, -0.1) is 0 Å². The van der Waals surface area contributed by atoms with Crippen molar-refractivity contribution >= 4 is 22.9 Å². The number of carbonyl (C=O) groups is 1. The molecule has 1 N–H and O–H groups in total. The van der Waals surface area contributed by atoms with Crippen LogP contribution < -0.4 is 14.4 Å². The van der Waals surface area contributed by atoms with Gasteiger partial charge in [-0.3, -0.25) is 4.79 Å². The highest BCUT2D eigenvalue weighted by Crippen LogP contribution is 2.39. The molecule has 2 aliphatic rings. The Morgan fingerprint density at radius 3 is 2.44 bits per heavy atom. The van der Waals surface area contributed by atoms with Gasteiger partial charge in [0.2, 0.25) is 5.91 Å². The van der Waals surface area contributed by atoms with Crippen molar-refractivity contribution in [2.45, 2.75) is 70.3 Å². The lowest BCUT2D eigenvalue weighted by atomic mass is 9.78. The minimum atomic E-state index is -0.274. The number of benzene rings is 2. The van der Waals surface area contributed by atoms with Crippen molar-refractivity contribution in [1.29, 1.82) is 0 Å². The summed E-state index contributed by atoms with van der Waals surface area (Å²) < 4.78 is 10.7. The summed E-state index contributed by atoms with van der Waals surface area (Å²) >= 11 is 1.51. The van der Waals surface area contributed by atoms with E-state index in [0.29, 0.717) is 29.9 Å². The largest absolute Gasteiger partial charge is 0.496 e. The van der Waals surface area contributed by atoms with Gasteiger partial charge in [-0.05, 0) is 105 Å². The van der Waals surface area contributed by atoms with E-state index in [-0.39, 0.29) is 17.9 Å². The molecule has 3 aromatic rings. The smallest absolute Gasteiger partial charge is 0.273 e. The lowest BCUT2D eigenvalue weighted by molar-refractivity contribution is -0.124. The van der Waals surface area contributed by atoms with Crippen LogP contribution in [0, 0.1) is 18.8 Å². The number of nitrogens with zero attached hydrogens (tertiary/aromatic N) is 2. The van der Waals surface area contributed by atoms with Gasteiger partial charge in [-0.2, -0.15) is 0 Å². The molecule has 0 spiro atoms. The molecule has 0 bridgehead atoms. The molecule has 1 amide bonds. The normalized spacial score (nSPS) is 23.3. The van der Waals surface area contributed by atoms with Gasteiger partial charge in [0.05, 0.1) is 25.2 Å². The molecule has 0 saturated heterocycles. The molecular formula is C32H40N2O4S. The summed E-state index contributed by atoms with van der Waals surface area (Å²) in [5.74, 6) is 2.13. The summed E-state index contributed by atoms with van der Waals surface area (Å²) in [5, 5.41) is 10.7. The molecule has 39 heavy (non-hydrogen) atoms. The van der Waals surface area contributed by atoms with Gasteiger partial charge in [-0.1, -0.05) is 35.6 Å². The minimum Gasteiger partial charge on any atom is -0.496 e. The Balaban J connectivity index is 1.33. The molecule has 0 aliphatic heterocycles.